The van der Waals surface area contributed by atoms with Gasteiger partial charge in [0.05, 0.1) is 0 Å². The van der Waals surface area contributed by atoms with Gasteiger partial charge in [0.15, 0.2) is 0 Å². The normalized spacial score (nSPS) is 15.8. The fourth-order valence-electron chi connectivity index (χ4n) is 2.22. The van der Waals surface area contributed by atoms with Gasteiger partial charge in [-0.15, -0.1) is 12.4 Å². The molecule has 1 aliphatic heterocycles. The summed E-state index contributed by atoms with van der Waals surface area (Å²) >= 11 is 0. The Balaban J connectivity index is 0.00000162. The van der Waals surface area contributed by atoms with Crippen LogP contribution in [0.3, 0.4) is 0 Å². The third-order valence-corrected chi connectivity index (χ3v) is 3.42. The maximum Gasteiger partial charge on any atom is 0.223 e. The smallest absolute Gasteiger partial charge is 0.223 e. The van der Waals surface area contributed by atoms with Gasteiger partial charge in [-0.3, -0.25) is 4.79 Å². The van der Waals surface area contributed by atoms with Crippen LogP contribution in [-0.4, -0.2) is 19.0 Å². The Morgan fingerprint density at radius 1 is 1.33 bits per heavy atom. The first kappa shape index (κ1) is 15.0. The number of halogens is 1. The second-order valence-corrected chi connectivity index (χ2v) is 4.67. The molecule has 1 aromatic carbocycles. The minimum Gasteiger partial charge on any atom is -0.352 e. The second kappa shape index (κ2) is 7.39. The van der Waals surface area contributed by atoms with Crippen LogP contribution < -0.4 is 10.6 Å². The highest BCUT2D eigenvalue weighted by atomic mass is 35.5. The summed E-state index contributed by atoms with van der Waals surface area (Å²) in [7, 11) is 0. The number of amides is 1. The first-order chi connectivity index (χ1) is 8.27. The van der Waals surface area contributed by atoms with Crippen LogP contribution in [0.5, 0.6) is 0 Å². The van der Waals surface area contributed by atoms with Crippen LogP contribution in [-0.2, 0) is 11.3 Å². The molecule has 0 saturated carbocycles. The van der Waals surface area contributed by atoms with Gasteiger partial charge in [-0.2, -0.15) is 0 Å². The van der Waals surface area contributed by atoms with E-state index in [1.165, 1.54) is 11.1 Å². The fraction of sp³-hybridized carbons (Fsp3) is 0.500. The van der Waals surface area contributed by atoms with Crippen molar-refractivity contribution in [2.75, 3.05) is 13.1 Å². The molecule has 0 bridgehead atoms. The quantitative estimate of drug-likeness (QED) is 0.881. The number of carbonyl (C=O) groups is 1. The van der Waals surface area contributed by atoms with Crippen molar-refractivity contribution in [2.45, 2.75) is 26.3 Å². The molecule has 0 aromatic heterocycles. The van der Waals surface area contributed by atoms with E-state index in [4.69, 9.17) is 0 Å². The standard InChI is InChI=1S/C14H20N2O.ClH/c1-11-4-2-3-5-13(11)10-16-14(17)12-6-8-15-9-7-12;/h2-5,12,15H,6-10H2,1H3,(H,16,17);1H. The minimum absolute atomic E-state index is 0. The SMILES string of the molecule is Cc1ccccc1CNC(=O)C1CCNCC1.Cl. The third-order valence-electron chi connectivity index (χ3n) is 3.42. The van der Waals surface area contributed by atoms with E-state index in [1.54, 1.807) is 0 Å². The van der Waals surface area contributed by atoms with E-state index in [1.807, 2.05) is 12.1 Å². The summed E-state index contributed by atoms with van der Waals surface area (Å²) in [6.45, 7) is 4.65. The molecule has 100 valence electrons. The lowest BCUT2D eigenvalue weighted by Gasteiger charge is -2.21. The van der Waals surface area contributed by atoms with Crippen molar-refractivity contribution in [3.8, 4) is 0 Å². The number of benzene rings is 1. The van der Waals surface area contributed by atoms with E-state index < -0.39 is 0 Å². The molecule has 2 rings (SSSR count). The van der Waals surface area contributed by atoms with Crippen LogP contribution in [0.4, 0.5) is 0 Å². The van der Waals surface area contributed by atoms with E-state index in [-0.39, 0.29) is 24.2 Å². The van der Waals surface area contributed by atoms with Gasteiger partial charge >= 0.3 is 0 Å². The number of piperidine rings is 1. The second-order valence-electron chi connectivity index (χ2n) is 4.67. The largest absolute Gasteiger partial charge is 0.352 e. The summed E-state index contributed by atoms with van der Waals surface area (Å²) < 4.78 is 0. The molecular formula is C14H21ClN2O. The van der Waals surface area contributed by atoms with Crippen molar-refractivity contribution in [3.63, 3.8) is 0 Å². The summed E-state index contributed by atoms with van der Waals surface area (Å²) in [6.07, 6.45) is 1.92. The summed E-state index contributed by atoms with van der Waals surface area (Å²) in [5.74, 6) is 0.398. The lowest BCUT2D eigenvalue weighted by molar-refractivity contribution is -0.125. The molecule has 1 amide bonds. The van der Waals surface area contributed by atoms with Gasteiger partial charge in [0.1, 0.15) is 0 Å². The Bertz CT molecular complexity index is 389. The molecule has 1 saturated heterocycles. The number of carbonyl (C=O) groups excluding carboxylic acids is 1. The Labute approximate surface area is 115 Å². The summed E-state index contributed by atoms with van der Waals surface area (Å²) in [5, 5.41) is 6.32. The molecule has 18 heavy (non-hydrogen) atoms. The van der Waals surface area contributed by atoms with E-state index in [0.717, 1.165) is 25.9 Å². The van der Waals surface area contributed by atoms with Crippen LogP contribution in [0.1, 0.15) is 24.0 Å². The van der Waals surface area contributed by atoms with Crippen LogP contribution >= 0.6 is 12.4 Å². The van der Waals surface area contributed by atoms with Gasteiger partial charge in [-0.1, -0.05) is 24.3 Å². The van der Waals surface area contributed by atoms with Gasteiger partial charge in [0.25, 0.3) is 0 Å². The number of rotatable bonds is 3. The van der Waals surface area contributed by atoms with Gasteiger partial charge in [-0.05, 0) is 44.0 Å². The zero-order chi connectivity index (χ0) is 12.1. The van der Waals surface area contributed by atoms with E-state index in [9.17, 15) is 4.79 Å². The van der Waals surface area contributed by atoms with Gasteiger partial charge < -0.3 is 10.6 Å². The van der Waals surface area contributed by atoms with Crippen molar-refractivity contribution < 1.29 is 4.79 Å². The molecule has 4 heteroatoms. The van der Waals surface area contributed by atoms with Crippen molar-refractivity contribution in [1.82, 2.24) is 10.6 Å². The Morgan fingerprint density at radius 3 is 2.67 bits per heavy atom. The van der Waals surface area contributed by atoms with Crippen molar-refractivity contribution >= 4 is 18.3 Å². The van der Waals surface area contributed by atoms with Gasteiger partial charge in [-0.25, -0.2) is 0 Å². The maximum atomic E-state index is 11.9. The number of nitrogens with one attached hydrogen (secondary N) is 2. The van der Waals surface area contributed by atoms with Crippen molar-refractivity contribution in [2.24, 2.45) is 5.92 Å². The lowest BCUT2D eigenvalue weighted by atomic mass is 9.97. The van der Waals surface area contributed by atoms with Crippen LogP contribution in [0, 0.1) is 12.8 Å². The molecule has 1 aliphatic rings. The highest BCUT2D eigenvalue weighted by molar-refractivity contribution is 5.85. The van der Waals surface area contributed by atoms with Gasteiger partial charge in [0.2, 0.25) is 5.91 Å². The summed E-state index contributed by atoms with van der Waals surface area (Å²) in [4.78, 5) is 11.9. The fourth-order valence-corrected chi connectivity index (χ4v) is 2.22. The zero-order valence-corrected chi connectivity index (χ0v) is 11.6. The third kappa shape index (κ3) is 4.00. The number of hydrogen-bond acceptors (Lipinski definition) is 2. The first-order valence-corrected chi connectivity index (χ1v) is 6.30. The molecule has 3 nitrogen and oxygen atoms in total. The summed E-state index contributed by atoms with van der Waals surface area (Å²) in [6, 6.07) is 8.18. The first-order valence-electron chi connectivity index (χ1n) is 6.30. The lowest BCUT2D eigenvalue weighted by Crippen LogP contribution is -2.37. The molecule has 1 aromatic rings. The topological polar surface area (TPSA) is 41.1 Å². The number of aryl methyl sites for hydroxylation is 1. The summed E-state index contributed by atoms with van der Waals surface area (Å²) in [5.41, 5.74) is 2.44. The highest BCUT2D eigenvalue weighted by Crippen LogP contribution is 2.12. The van der Waals surface area contributed by atoms with E-state index in [0.29, 0.717) is 6.54 Å². The molecule has 0 unspecified atom stereocenters. The zero-order valence-electron chi connectivity index (χ0n) is 10.7. The Morgan fingerprint density at radius 2 is 2.00 bits per heavy atom. The van der Waals surface area contributed by atoms with Crippen molar-refractivity contribution in [1.29, 1.82) is 0 Å². The maximum absolute atomic E-state index is 11.9. The molecule has 1 fully saturated rings. The minimum atomic E-state index is 0. The molecule has 2 N–H and O–H groups in total. The van der Waals surface area contributed by atoms with E-state index in [2.05, 4.69) is 29.7 Å². The van der Waals surface area contributed by atoms with Crippen LogP contribution in [0.15, 0.2) is 24.3 Å². The Hall–Kier alpha value is -1.06. The van der Waals surface area contributed by atoms with Crippen LogP contribution in [0.2, 0.25) is 0 Å². The highest BCUT2D eigenvalue weighted by Gasteiger charge is 2.20. The monoisotopic (exact) mass is 268 g/mol. The van der Waals surface area contributed by atoms with Crippen LogP contribution in [0.25, 0.3) is 0 Å². The van der Waals surface area contributed by atoms with Crippen molar-refractivity contribution in [3.05, 3.63) is 35.4 Å². The molecular weight excluding hydrogens is 248 g/mol. The average Bonchev–Trinajstić information content (AvgIpc) is 2.38. The molecule has 1 heterocycles. The molecule has 0 radical (unpaired) electrons. The predicted octanol–water partition coefficient (Wildman–Crippen LogP) is 2.03. The van der Waals surface area contributed by atoms with E-state index >= 15 is 0 Å². The predicted molar refractivity (Wildman–Crippen MR) is 75.9 cm³/mol. The average molecular weight is 269 g/mol. The molecule has 0 spiro atoms. The number of hydrogen-bond donors (Lipinski definition) is 2. The molecule has 0 aliphatic carbocycles. The van der Waals surface area contributed by atoms with Gasteiger partial charge in [0, 0.05) is 12.5 Å². The molecule has 0 atom stereocenters. The Kier molecular flexibility index (Phi) is 6.16.